The van der Waals surface area contributed by atoms with Gasteiger partial charge in [-0.25, -0.2) is 4.79 Å². The number of aliphatic carboxylic acids is 1. The predicted octanol–water partition coefficient (Wildman–Crippen LogP) is 2.41. The molecule has 2 rings (SSSR count). The van der Waals surface area contributed by atoms with Gasteiger partial charge in [0.1, 0.15) is 11.7 Å². The van der Waals surface area contributed by atoms with Gasteiger partial charge in [-0.3, -0.25) is 9.59 Å². The molecular weight excluding hydrogens is 308 g/mol. The molecule has 0 aliphatic rings. The monoisotopic (exact) mass is 330 g/mol. The number of H-pyrrole nitrogens is 1. The van der Waals surface area contributed by atoms with Gasteiger partial charge < -0.3 is 15.0 Å². The SMILES string of the molecule is Cc1c(C(=O)N(C)[C@@H](CC(C)C)C(=O)O)[nH]c(=O)c2ccccc12. The molecule has 0 aliphatic heterocycles. The first-order chi connectivity index (χ1) is 11.2. The second-order valence-corrected chi connectivity index (χ2v) is 6.40. The van der Waals surface area contributed by atoms with Crippen LogP contribution >= 0.6 is 0 Å². The molecule has 128 valence electrons. The number of nitrogens with zero attached hydrogens (tertiary/aromatic N) is 1. The lowest BCUT2D eigenvalue weighted by atomic mass is 10.0. The van der Waals surface area contributed by atoms with Crippen molar-refractivity contribution >= 4 is 22.6 Å². The number of hydrogen-bond donors (Lipinski definition) is 2. The van der Waals surface area contributed by atoms with Crippen LogP contribution in [0.4, 0.5) is 0 Å². The number of aromatic amines is 1. The van der Waals surface area contributed by atoms with Gasteiger partial charge in [0.15, 0.2) is 0 Å². The number of pyridine rings is 1. The van der Waals surface area contributed by atoms with Gasteiger partial charge in [0.2, 0.25) is 0 Å². The molecule has 0 unspecified atom stereocenters. The number of carbonyl (C=O) groups is 2. The minimum absolute atomic E-state index is 0.123. The third-order valence-electron chi connectivity index (χ3n) is 4.17. The second-order valence-electron chi connectivity index (χ2n) is 6.40. The number of aryl methyl sites for hydroxylation is 1. The molecule has 0 radical (unpaired) electrons. The molecular formula is C18H22N2O4. The van der Waals surface area contributed by atoms with Crippen LogP contribution in [0.25, 0.3) is 10.8 Å². The van der Waals surface area contributed by atoms with Crippen molar-refractivity contribution in [2.75, 3.05) is 7.05 Å². The van der Waals surface area contributed by atoms with Crippen molar-refractivity contribution in [3.8, 4) is 0 Å². The van der Waals surface area contributed by atoms with Crippen LogP contribution in [0.5, 0.6) is 0 Å². The number of hydrogen-bond acceptors (Lipinski definition) is 3. The number of carbonyl (C=O) groups excluding carboxylic acids is 1. The lowest BCUT2D eigenvalue weighted by Gasteiger charge is -2.26. The van der Waals surface area contributed by atoms with Crippen LogP contribution in [-0.2, 0) is 4.79 Å². The number of aromatic nitrogens is 1. The molecule has 6 heteroatoms. The molecule has 0 fully saturated rings. The number of rotatable bonds is 5. The van der Waals surface area contributed by atoms with Crippen molar-refractivity contribution < 1.29 is 14.7 Å². The van der Waals surface area contributed by atoms with E-state index in [0.29, 0.717) is 22.8 Å². The van der Waals surface area contributed by atoms with Crippen molar-refractivity contribution in [1.29, 1.82) is 0 Å². The molecule has 0 aliphatic carbocycles. The molecule has 0 spiro atoms. The summed E-state index contributed by atoms with van der Waals surface area (Å²) >= 11 is 0. The Balaban J connectivity index is 2.49. The van der Waals surface area contributed by atoms with E-state index in [1.54, 1.807) is 31.2 Å². The highest BCUT2D eigenvalue weighted by molar-refractivity contribution is 6.00. The van der Waals surface area contributed by atoms with E-state index in [1.165, 1.54) is 11.9 Å². The summed E-state index contributed by atoms with van der Waals surface area (Å²) < 4.78 is 0. The lowest BCUT2D eigenvalue weighted by molar-refractivity contribution is -0.142. The van der Waals surface area contributed by atoms with E-state index >= 15 is 0 Å². The third-order valence-corrected chi connectivity index (χ3v) is 4.17. The lowest BCUT2D eigenvalue weighted by Crippen LogP contribution is -2.44. The Labute approximate surface area is 140 Å². The number of benzene rings is 1. The van der Waals surface area contributed by atoms with E-state index in [-0.39, 0.29) is 17.2 Å². The Morgan fingerprint density at radius 2 is 1.79 bits per heavy atom. The van der Waals surface area contributed by atoms with Crippen molar-refractivity contribution in [3.63, 3.8) is 0 Å². The topological polar surface area (TPSA) is 90.5 Å². The van der Waals surface area contributed by atoms with Crippen LogP contribution in [0.1, 0.15) is 36.3 Å². The summed E-state index contributed by atoms with van der Waals surface area (Å²) in [6.45, 7) is 5.55. The number of carboxylic acids is 1. The zero-order valence-corrected chi connectivity index (χ0v) is 14.3. The maximum atomic E-state index is 12.8. The van der Waals surface area contributed by atoms with E-state index in [0.717, 1.165) is 0 Å². The second kappa shape index (κ2) is 6.86. The van der Waals surface area contributed by atoms with Crippen molar-refractivity contribution in [2.24, 2.45) is 5.92 Å². The number of carboxylic acid groups (broad SMARTS) is 1. The van der Waals surface area contributed by atoms with E-state index in [9.17, 15) is 19.5 Å². The molecule has 2 N–H and O–H groups in total. The molecule has 1 amide bonds. The Morgan fingerprint density at radius 3 is 2.33 bits per heavy atom. The fourth-order valence-corrected chi connectivity index (χ4v) is 2.82. The number of fused-ring (bicyclic) bond motifs is 1. The average molecular weight is 330 g/mol. The smallest absolute Gasteiger partial charge is 0.326 e. The summed E-state index contributed by atoms with van der Waals surface area (Å²) in [5.74, 6) is -1.43. The fourth-order valence-electron chi connectivity index (χ4n) is 2.82. The zero-order chi connectivity index (χ0) is 18.0. The Hall–Kier alpha value is -2.63. The van der Waals surface area contributed by atoms with E-state index in [1.807, 2.05) is 13.8 Å². The van der Waals surface area contributed by atoms with Gasteiger partial charge in [-0.1, -0.05) is 32.0 Å². The van der Waals surface area contributed by atoms with Gasteiger partial charge in [0.05, 0.1) is 0 Å². The van der Waals surface area contributed by atoms with Crippen molar-refractivity contribution in [1.82, 2.24) is 9.88 Å². The fraction of sp³-hybridized carbons (Fsp3) is 0.389. The summed E-state index contributed by atoms with van der Waals surface area (Å²) in [5, 5.41) is 10.6. The maximum Gasteiger partial charge on any atom is 0.326 e. The standard InChI is InChI=1S/C18H22N2O4/c1-10(2)9-14(18(23)24)20(4)17(22)15-11(3)12-7-5-6-8-13(12)16(21)19-15/h5-8,10,14H,9H2,1-4H3,(H,19,21)(H,23,24)/t14-/m0/s1. The Kier molecular flexibility index (Phi) is 5.07. The van der Waals surface area contributed by atoms with Crippen LogP contribution in [0, 0.1) is 12.8 Å². The third kappa shape index (κ3) is 3.32. The first-order valence-corrected chi connectivity index (χ1v) is 7.85. The molecule has 1 heterocycles. The van der Waals surface area contributed by atoms with Crippen LogP contribution in [0.15, 0.2) is 29.1 Å². The molecule has 2 aromatic rings. The van der Waals surface area contributed by atoms with Crippen molar-refractivity contribution in [3.05, 3.63) is 45.9 Å². The number of amides is 1. The molecule has 1 atom stereocenters. The van der Waals surface area contributed by atoms with Gasteiger partial charge in [-0.15, -0.1) is 0 Å². The quantitative estimate of drug-likeness (QED) is 0.881. The normalized spacial score (nSPS) is 12.4. The largest absolute Gasteiger partial charge is 0.480 e. The highest BCUT2D eigenvalue weighted by atomic mass is 16.4. The van der Waals surface area contributed by atoms with E-state index in [4.69, 9.17) is 0 Å². The van der Waals surface area contributed by atoms with Crippen LogP contribution in [0.3, 0.4) is 0 Å². The van der Waals surface area contributed by atoms with Crippen molar-refractivity contribution in [2.45, 2.75) is 33.2 Å². The van der Waals surface area contributed by atoms with Gasteiger partial charge >= 0.3 is 5.97 Å². The number of nitrogens with one attached hydrogen (secondary N) is 1. The molecule has 0 bridgehead atoms. The minimum atomic E-state index is -1.06. The highest BCUT2D eigenvalue weighted by Gasteiger charge is 2.29. The van der Waals surface area contributed by atoms with Gasteiger partial charge in [-0.05, 0) is 36.3 Å². The van der Waals surface area contributed by atoms with Gasteiger partial charge in [0.25, 0.3) is 11.5 Å². The molecule has 1 aromatic carbocycles. The first kappa shape index (κ1) is 17.7. The van der Waals surface area contributed by atoms with Crippen LogP contribution < -0.4 is 5.56 Å². The average Bonchev–Trinajstić information content (AvgIpc) is 2.54. The van der Waals surface area contributed by atoms with E-state index < -0.39 is 17.9 Å². The first-order valence-electron chi connectivity index (χ1n) is 7.85. The summed E-state index contributed by atoms with van der Waals surface area (Å²) in [7, 11) is 1.45. The Morgan fingerprint density at radius 1 is 1.21 bits per heavy atom. The Bertz CT molecular complexity index is 839. The highest BCUT2D eigenvalue weighted by Crippen LogP contribution is 2.20. The summed E-state index contributed by atoms with van der Waals surface area (Å²) in [5.41, 5.74) is 0.413. The zero-order valence-electron chi connectivity index (χ0n) is 14.3. The minimum Gasteiger partial charge on any atom is -0.480 e. The molecule has 0 saturated carbocycles. The van der Waals surface area contributed by atoms with Gasteiger partial charge in [-0.2, -0.15) is 0 Å². The summed E-state index contributed by atoms with van der Waals surface area (Å²) in [4.78, 5) is 40.3. The predicted molar refractivity (Wildman–Crippen MR) is 92.3 cm³/mol. The molecule has 1 aromatic heterocycles. The molecule has 6 nitrogen and oxygen atoms in total. The van der Waals surface area contributed by atoms with Crippen LogP contribution in [-0.4, -0.2) is 40.0 Å². The molecule has 0 saturated heterocycles. The number of likely N-dealkylation sites (N-methyl/N-ethyl adjacent to an activating group) is 1. The summed E-state index contributed by atoms with van der Waals surface area (Å²) in [6.07, 6.45) is 0.342. The van der Waals surface area contributed by atoms with E-state index in [2.05, 4.69) is 4.98 Å². The molecule has 24 heavy (non-hydrogen) atoms. The summed E-state index contributed by atoms with van der Waals surface area (Å²) in [6, 6.07) is 6.09. The maximum absolute atomic E-state index is 12.8. The van der Waals surface area contributed by atoms with Gasteiger partial charge in [0, 0.05) is 12.4 Å². The van der Waals surface area contributed by atoms with Crippen LogP contribution in [0.2, 0.25) is 0 Å².